The van der Waals surface area contributed by atoms with Crippen molar-refractivity contribution >= 4 is 35.6 Å². The topological polar surface area (TPSA) is 42.9 Å². The number of hydrogen-bond acceptors (Lipinski definition) is 3. The molecule has 3 fully saturated rings. The average molecular weight is 511 g/mol. The lowest BCUT2D eigenvalue weighted by molar-refractivity contribution is 0.242. The minimum absolute atomic E-state index is 0. The second-order valence-corrected chi connectivity index (χ2v) is 8.72. The van der Waals surface area contributed by atoms with Gasteiger partial charge in [0.25, 0.3) is 0 Å². The largest absolute Gasteiger partial charge is 0.371 e. The number of nitrogens with one attached hydrogen (secondary N) is 2. The zero-order chi connectivity index (χ0) is 19.2. The van der Waals surface area contributed by atoms with Gasteiger partial charge in [0.1, 0.15) is 0 Å². The minimum atomic E-state index is 0. The Labute approximate surface area is 193 Å². The van der Waals surface area contributed by atoms with Gasteiger partial charge in [-0.2, -0.15) is 0 Å². The molecule has 2 aliphatic heterocycles. The van der Waals surface area contributed by atoms with E-state index >= 15 is 0 Å². The molecule has 162 valence electrons. The van der Waals surface area contributed by atoms with Gasteiger partial charge in [-0.05, 0) is 50.7 Å². The number of halogens is 1. The van der Waals surface area contributed by atoms with Crippen molar-refractivity contribution in [3.8, 4) is 0 Å². The van der Waals surface area contributed by atoms with E-state index in [0.29, 0.717) is 12.0 Å². The van der Waals surface area contributed by atoms with Crippen LogP contribution in [0.1, 0.15) is 45.4 Å². The summed E-state index contributed by atoms with van der Waals surface area (Å²) in [7, 11) is 0. The second kappa shape index (κ2) is 11.4. The molecule has 6 heteroatoms. The SMILES string of the molecule is CCNC(=NCC1CCN(c2ccccc2)C1)NC1CCN(C2CCCC2)C1.I. The number of nitrogens with zero attached hydrogens (tertiary/aromatic N) is 3. The van der Waals surface area contributed by atoms with Crippen LogP contribution in [0, 0.1) is 5.92 Å². The first-order chi connectivity index (χ1) is 13.8. The molecule has 1 saturated carbocycles. The van der Waals surface area contributed by atoms with Gasteiger partial charge in [-0.25, -0.2) is 0 Å². The Kier molecular flexibility index (Phi) is 8.90. The summed E-state index contributed by atoms with van der Waals surface area (Å²) in [6, 6.07) is 12.2. The second-order valence-electron chi connectivity index (χ2n) is 8.72. The zero-order valence-electron chi connectivity index (χ0n) is 17.9. The van der Waals surface area contributed by atoms with Crippen LogP contribution < -0.4 is 15.5 Å². The molecule has 2 unspecified atom stereocenters. The maximum absolute atomic E-state index is 4.96. The minimum Gasteiger partial charge on any atom is -0.371 e. The number of hydrogen-bond donors (Lipinski definition) is 2. The van der Waals surface area contributed by atoms with Crippen molar-refractivity contribution in [3.63, 3.8) is 0 Å². The molecule has 1 aliphatic carbocycles. The van der Waals surface area contributed by atoms with Gasteiger partial charge in [-0.15, -0.1) is 24.0 Å². The Bertz CT molecular complexity index is 631. The number of para-hydroxylation sites is 1. The van der Waals surface area contributed by atoms with Gasteiger partial charge >= 0.3 is 0 Å². The fourth-order valence-electron chi connectivity index (χ4n) is 5.09. The summed E-state index contributed by atoms with van der Waals surface area (Å²) in [5.74, 6) is 1.66. The standard InChI is InChI=1S/C23H37N5.HI/c1-2-24-23(26-20-13-15-28(18-20)22-10-6-7-11-22)25-16-19-12-14-27(17-19)21-8-4-3-5-9-21;/h3-5,8-9,19-20,22H,2,6-7,10-18H2,1H3,(H2,24,25,26);1H. The number of anilines is 1. The molecule has 5 nitrogen and oxygen atoms in total. The van der Waals surface area contributed by atoms with Crippen LogP contribution in [0.4, 0.5) is 5.69 Å². The van der Waals surface area contributed by atoms with Gasteiger partial charge in [0.2, 0.25) is 0 Å². The lowest BCUT2D eigenvalue weighted by atomic mass is 10.1. The van der Waals surface area contributed by atoms with E-state index in [2.05, 4.69) is 57.7 Å². The highest BCUT2D eigenvalue weighted by Crippen LogP contribution is 2.26. The van der Waals surface area contributed by atoms with Crippen molar-refractivity contribution in [3.05, 3.63) is 30.3 Å². The number of likely N-dealkylation sites (tertiary alicyclic amines) is 1. The van der Waals surface area contributed by atoms with E-state index in [1.54, 1.807) is 0 Å². The molecule has 0 bridgehead atoms. The molecular weight excluding hydrogens is 473 g/mol. The van der Waals surface area contributed by atoms with E-state index in [0.717, 1.165) is 38.2 Å². The molecule has 1 aromatic rings. The maximum Gasteiger partial charge on any atom is 0.191 e. The predicted octanol–water partition coefficient (Wildman–Crippen LogP) is 3.70. The quantitative estimate of drug-likeness (QED) is 0.347. The molecule has 4 rings (SSSR count). The third-order valence-corrected chi connectivity index (χ3v) is 6.66. The molecule has 29 heavy (non-hydrogen) atoms. The summed E-state index contributed by atoms with van der Waals surface area (Å²) >= 11 is 0. The first-order valence-electron chi connectivity index (χ1n) is 11.4. The normalized spacial score (nSPS) is 26.0. The molecule has 0 amide bonds. The molecule has 2 heterocycles. The van der Waals surface area contributed by atoms with Gasteiger partial charge < -0.3 is 15.5 Å². The molecule has 1 aromatic carbocycles. The summed E-state index contributed by atoms with van der Waals surface area (Å²) in [6.45, 7) is 8.68. The lowest BCUT2D eigenvalue weighted by Crippen LogP contribution is -2.45. The summed E-state index contributed by atoms with van der Waals surface area (Å²) in [4.78, 5) is 10.2. The van der Waals surface area contributed by atoms with Gasteiger partial charge in [0.05, 0.1) is 0 Å². The molecular formula is C23H38IN5. The van der Waals surface area contributed by atoms with Crippen LogP contribution in [0.2, 0.25) is 0 Å². The third kappa shape index (κ3) is 6.23. The fourth-order valence-corrected chi connectivity index (χ4v) is 5.09. The van der Waals surface area contributed by atoms with E-state index in [1.165, 1.54) is 57.3 Å². The first kappa shape index (κ1) is 22.7. The van der Waals surface area contributed by atoms with Crippen LogP contribution in [0.5, 0.6) is 0 Å². The van der Waals surface area contributed by atoms with Crippen LogP contribution in [0.15, 0.2) is 35.3 Å². The van der Waals surface area contributed by atoms with E-state index in [9.17, 15) is 0 Å². The zero-order valence-corrected chi connectivity index (χ0v) is 20.2. The summed E-state index contributed by atoms with van der Waals surface area (Å²) in [5.41, 5.74) is 1.34. The Morgan fingerprint density at radius 2 is 1.83 bits per heavy atom. The Morgan fingerprint density at radius 3 is 2.59 bits per heavy atom. The van der Waals surface area contributed by atoms with E-state index in [1.807, 2.05) is 0 Å². The highest BCUT2D eigenvalue weighted by molar-refractivity contribution is 14.0. The van der Waals surface area contributed by atoms with Gasteiger partial charge in [-0.3, -0.25) is 9.89 Å². The predicted molar refractivity (Wildman–Crippen MR) is 134 cm³/mol. The van der Waals surface area contributed by atoms with Crippen LogP contribution in [-0.2, 0) is 0 Å². The fraction of sp³-hybridized carbons (Fsp3) is 0.696. The summed E-state index contributed by atoms with van der Waals surface area (Å²) < 4.78 is 0. The van der Waals surface area contributed by atoms with E-state index in [4.69, 9.17) is 4.99 Å². The van der Waals surface area contributed by atoms with Gasteiger partial charge in [0.15, 0.2) is 5.96 Å². The maximum atomic E-state index is 4.96. The van der Waals surface area contributed by atoms with E-state index < -0.39 is 0 Å². The van der Waals surface area contributed by atoms with Crippen LogP contribution in [0.3, 0.4) is 0 Å². The van der Waals surface area contributed by atoms with Gasteiger partial charge in [0, 0.05) is 57.0 Å². The molecule has 2 N–H and O–H groups in total. The van der Waals surface area contributed by atoms with Crippen LogP contribution >= 0.6 is 24.0 Å². The van der Waals surface area contributed by atoms with Crippen molar-refractivity contribution in [1.29, 1.82) is 0 Å². The highest BCUT2D eigenvalue weighted by atomic mass is 127. The van der Waals surface area contributed by atoms with Crippen LogP contribution in [0.25, 0.3) is 0 Å². The van der Waals surface area contributed by atoms with E-state index in [-0.39, 0.29) is 24.0 Å². The molecule has 2 atom stereocenters. The third-order valence-electron chi connectivity index (χ3n) is 6.66. The van der Waals surface area contributed by atoms with Crippen molar-refractivity contribution in [2.24, 2.45) is 10.9 Å². The van der Waals surface area contributed by atoms with Crippen molar-refractivity contribution in [2.45, 2.75) is 57.5 Å². The van der Waals surface area contributed by atoms with Crippen molar-refractivity contribution in [1.82, 2.24) is 15.5 Å². The molecule has 0 spiro atoms. The summed E-state index contributed by atoms with van der Waals surface area (Å²) in [6.07, 6.45) is 8.12. The number of aliphatic imine (C=N–C) groups is 1. The number of rotatable bonds is 6. The number of guanidine groups is 1. The molecule has 2 saturated heterocycles. The average Bonchev–Trinajstić information content (AvgIpc) is 3.48. The van der Waals surface area contributed by atoms with Gasteiger partial charge in [-0.1, -0.05) is 31.0 Å². The Hall–Kier alpha value is -1.02. The lowest BCUT2D eigenvalue weighted by Gasteiger charge is -2.24. The Balaban J connectivity index is 0.00000240. The Morgan fingerprint density at radius 1 is 1.03 bits per heavy atom. The van der Waals surface area contributed by atoms with Crippen LogP contribution in [-0.4, -0.2) is 62.2 Å². The van der Waals surface area contributed by atoms with Crippen molar-refractivity contribution in [2.75, 3.05) is 44.2 Å². The molecule has 0 aromatic heterocycles. The first-order valence-corrected chi connectivity index (χ1v) is 11.4. The number of benzene rings is 1. The summed E-state index contributed by atoms with van der Waals surface area (Å²) in [5, 5.41) is 7.19. The monoisotopic (exact) mass is 511 g/mol. The molecule has 0 radical (unpaired) electrons. The molecule has 3 aliphatic rings. The highest BCUT2D eigenvalue weighted by Gasteiger charge is 2.30. The van der Waals surface area contributed by atoms with Crippen molar-refractivity contribution < 1.29 is 0 Å². The smallest absolute Gasteiger partial charge is 0.191 e.